The molecule has 0 spiro atoms. The molecule has 11 heavy (non-hydrogen) atoms. The highest BCUT2D eigenvalue weighted by molar-refractivity contribution is 7.03. The summed E-state index contributed by atoms with van der Waals surface area (Å²) in [5, 5.41) is 13.8. The zero-order valence-corrected chi connectivity index (χ0v) is 6.63. The van der Waals surface area contributed by atoms with E-state index in [0.717, 1.165) is 0 Å². The Morgan fingerprint density at radius 2 is 2.55 bits per heavy atom. The van der Waals surface area contributed by atoms with Crippen molar-refractivity contribution in [3.63, 3.8) is 0 Å². The Morgan fingerprint density at radius 3 is 3.00 bits per heavy atom. The lowest BCUT2D eigenvalue weighted by molar-refractivity contribution is -0.132. The number of carboxylic acid groups (broad SMARTS) is 1. The lowest BCUT2D eigenvalue weighted by atomic mass is 10.2. The largest absolute Gasteiger partial charge is 0.478 e. The summed E-state index contributed by atoms with van der Waals surface area (Å²) in [4.78, 5) is 10.3. The first kappa shape index (κ1) is 7.87. The molecule has 1 aromatic heterocycles. The van der Waals surface area contributed by atoms with Crippen molar-refractivity contribution in [3.8, 4) is 0 Å². The quantitative estimate of drug-likeness (QED) is 0.673. The number of carboxylic acids is 1. The van der Waals surface area contributed by atoms with E-state index in [2.05, 4.69) is 9.59 Å². The molecule has 5 heteroatoms. The van der Waals surface area contributed by atoms with Gasteiger partial charge in [0.25, 0.3) is 0 Å². The van der Waals surface area contributed by atoms with Gasteiger partial charge in [-0.2, -0.15) is 0 Å². The van der Waals surface area contributed by atoms with Gasteiger partial charge in [-0.3, -0.25) is 0 Å². The smallest absolute Gasteiger partial charge is 0.331 e. The number of aromatic nitrogens is 2. The zero-order valence-electron chi connectivity index (χ0n) is 5.81. The van der Waals surface area contributed by atoms with E-state index in [-0.39, 0.29) is 5.57 Å². The first-order valence-electron chi connectivity index (χ1n) is 2.89. The molecule has 4 nitrogen and oxygen atoms in total. The fraction of sp³-hybridized carbons (Fsp3) is 0.167. The van der Waals surface area contributed by atoms with E-state index >= 15 is 0 Å². The molecule has 58 valence electrons. The molecular weight excluding hydrogens is 164 g/mol. The van der Waals surface area contributed by atoms with Crippen LogP contribution in [0.15, 0.2) is 11.0 Å². The Morgan fingerprint density at radius 1 is 1.82 bits per heavy atom. The predicted octanol–water partition coefficient (Wildman–Crippen LogP) is 1.03. The Labute approximate surface area is 67.3 Å². The van der Waals surface area contributed by atoms with E-state index in [1.165, 1.54) is 24.5 Å². The van der Waals surface area contributed by atoms with E-state index in [1.54, 1.807) is 5.38 Å². The molecule has 1 aromatic rings. The minimum absolute atomic E-state index is 0.262. The molecule has 0 aliphatic rings. The van der Waals surface area contributed by atoms with Crippen LogP contribution in [0.2, 0.25) is 0 Å². The molecule has 0 aromatic carbocycles. The van der Waals surface area contributed by atoms with Crippen LogP contribution in [-0.2, 0) is 4.79 Å². The highest BCUT2D eigenvalue weighted by atomic mass is 32.1. The van der Waals surface area contributed by atoms with Crippen molar-refractivity contribution in [2.24, 2.45) is 0 Å². The van der Waals surface area contributed by atoms with E-state index in [0.29, 0.717) is 5.69 Å². The summed E-state index contributed by atoms with van der Waals surface area (Å²) in [5.41, 5.74) is 0.854. The van der Waals surface area contributed by atoms with Gasteiger partial charge in [-0.1, -0.05) is 4.49 Å². The Kier molecular flexibility index (Phi) is 2.32. The van der Waals surface area contributed by atoms with Crippen molar-refractivity contribution >= 4 is 23.6 Å². The maximum absolute atomic E-state index is 10.3. The molecule has 0 saturated carbocycles. The van der Waals surface area contributed by atoms with Crippen molar-refractivity contribution < 1.29 is 9.90 Å². The summed E-state index contributed by atoms with van der Waals surface area (Å²) in [6, 6.07) is 0. The van der Waals surface area contributed by atoms with Crippen LogP contribution in [0.4, 0.5) is 0 Å². The molecule has 0 bridgehead atoms. The molecule has 0 unspecified atom stereocenters. The molecule has 0 fully saturated rings. The van der Waals surface area contributed by atoms with Gasteiger partial charge >= 0.3 is 5.97 Å². The lowest BCUT2D eigenvalue weighted by Crippen LogP contribution is -1.95. The minimum atomic E-state index is -0.932. The molecule has 1 heterocycles. The second-order valence-corrected chi connectivity index (χ2v) is 2.57. The molecule has 0 saturated heterocycles. The molecular formula is C6H6N2O2S. The topological polar surface area (TPSA) is 63.1 Å². The molecule has 0 radical (unpaired) electrons. The number of carbonyl (C=O) groups is 1. The fourth-order valence-corrected chi connectivity index (χ4v) is 0.930. The van der Waals surface area contributed by atoms with Crippen molar-refractivity contribution in [1.29, 1.82) is 0 Å². The second kappa shape index (κ2) is 3.25. The van der Waals surface area contributed by atoms with Crippen LogP contribution < -0.4 is 0 Å². The highest BCUT2D eigenvalue weighted by Gasteiger charge is 2.00. The maximum atomic E-state index is 10.3. The number of hydrogen-bond acceptors (Lipinski definition) is 4. The number of hydrogen-bond donors (Lipinski definition) is 1. The molecule has 1 rings (SSSR count). The van der Waals surface area contributed by atoms with Gasteiger partial charge in [-0.25, -0.2) is 4.79 Å². The fourth-order valence-electron chi connectivity index (χ4n) is 0.518. The first-order chi connectivity index (χ1) is 5.20. The van der Waals surface area contributed by atoms with E-state index < -0.39 is 5.97 Å². The summed E-state index contributed by atoms with van der Waals surface area (Å²) in [7, 11) is 0. The summed E-state index contributed by atoms with van der Waals surface area (Å²) < 4.78 is 3.59. The summed E-state index contributed by atoms with van der Waals surface area (Å²) >= 11 is 1.19. The highest BCUT2D eigenvalue weighted by Crippen LogP contribution is 2.04. The number of rotatable bonds is 2. The van der Waals surface area contributed by atoms with Gasteiger partial charge in [0, 0.05) is 11.0 Å². The van der Waals surface area contributed by atoms with Crippen molar-refractivity contribution in [2.45, 2.75) is 6.92 Å². The average Bonchev–Trinajstić information content (AvgIpc) is 2.39. The van der Waals surface area contributed by atoms with Gasteiger partial charge in [0.2, 0.25) is 0 Å². The Balaban J connectivity index is 2.82. The Hall–Kier alpha value is -1.23. The van der Waals surface area contributed by atoms with Crippen LogP contribution >= 0.6 is 11.5 Å². The van der Waals surface area contributed by atoms with Crippen molar-refractivity contribution in [1.82, 2.24) is 9.59 Å². The summed E-state index contributed by atoms with van der Waals surface area (Å²) in [6.07, 6.45) is 1.48. The van der Waals surface area contributed by atoms with Crippen LogP contribution in [-0.4, -0.2) is 20.7 Å². The van der Waals surface area contributed by atoms with Crippen LogP contribution in [0.25, 0.3) is 6.08 Å². The third kappa shape index (κ3) is 2.12. The van der Waals surface area contributed by atoms with Gasteiger partial charge in [0.1, 0.15) is 0 Å². The van der Waals surface area contributed by atoms with Crippen LogP contribution in [0, 0.1) is 0 Å². The van der Waals surface area contributed by atoms with Crippen LogP contribution in [0.5, 0.6) is 0 Å². The number of aliphatic carboxylic acids is 1. The zero-order chi connectivity index (χ0) is 8.27. The minimum Gasteiger partial charge on any atom is -0.478 e. The summed E-state index contributed by atoms with van der Waals surface area (Å²) in [5.74, 6) is -0.932. The predicted molar refractivity (Wildman–Crippen MR) is 41.2 cm³/mol. The molecule has 1 N–H and O–H groups in total. The third-order valence-electron chi connectivity index (χ3n) is 1.08. The lowest BCUT2D eigenvalue weighted by Gasteiger charge is -1.87. The van der Waals surface area contributed by atoms with Crippen molar-refractivity contribution in [2.75, 3.05) is 0 Å². The van der Waals surface area contributed by atoms with Crippen LogP contribution in [0.1, 0.15) is 12.6 Å². The third-order valence-corrected chi connectivity index (χ3v) is 1.60. The Bertz CT molecular complexity index is 279. The molecule has 0 aliphatic carbocycles. The monoisotopic (exact) mass is 170 g/mol. The average molecular weight is 170 g/mol. The molecule has 0 aliphatic heterocycles. The maximum Gasteiger partial charge on any atom is 0.331 e. The molecule has 0 amide bonds. The van der Waals surface area contributed by atoms with Crippen molar-refractivity contribution in [3.05, 3.63) is 16.6 Å². The van der Waals surface area contributed by atoms with Gasteiger partial charge in [0.15, 0.2) is 0 Å². The van der Waals surface area contributed by atoms with Gasteiger partial charge in [0.05, 0.1) is 5.69 Å². The molecule has 0 atom stereocenters. The normalized spacial score (nSPS) is 11.5. The van der Waals surface area contributed by atoms with E-state index in [1.807, 2.05) is 0 Å². The van der Waals surface area contributed by atoms with Gasteiger partial charge < -0.3 is 5.11 Å². The van der Waals surface area contributed by atoms with Gasteiger partial charge in [-0.15, -0.1) is 5.10 Å². The second-order valence-electron chi connectivity index (χ2n) is 1.96. The van der Waals surface area contributed by atoms with E-state index in [9.17, 15) is 4.79 Å². The number of nitrogens with zero attached hydrogens (tertiary/aromatic N) is 2. The van der Waals surface area contributed by atoms with Crippen LogP contribution in [0.3, 0.4) is 0 Å². The first-order valence-corrected chi connectivity index (χ1v) is 3.72. The SMILES string of the molecule is C/C(=C\c1csnn1)C(=O)O. The summed E-state index contributed by atoms with van der Waals surface area (Å²) in [6.45, 7) is 1.52. The standard InChI is InChI=1S/C6H6N2O2S/c1-4(6(9)10)2-5-3-11-8-7-5/h2-3H,1H3,(H,9,10)/b4-2+. The van der Waals surface area contributed by atoms with Gasteiger partial charge in [-0.05, 0) is 24.5 Å². The van der Waals surface area contributed by atoms with E-state index in [4.69, 9.17) is 5.11 Å².